The number of aryl methyl sites for hydroxylation is 1. The number of nitrogens with one attached hydrogen (secondary N) is 1. The predicted octanol–water partition coefficient (Wildman–Crippen LogP) is 5.19. The number of imidazole rings is 1. The molecule has 8 rings (SSSR count). The fourth-order valence-corrected chi connectivity index (χ4v) is 7.17. The highest BCUT2D eigenvalue weighted by molar-refractivity contribution is 6.00. The van der Waals surface area contributed by atoms with Crippen LogP contribution in [0.25, 0.3) is 33.6 Å². The quantitative estimate of drug-likeness (QED) is 0.269. The minimum absolute atomic E-state index is 0.00519. The summed E-state index contributed by atoms with van der Waals surface area (Å²) >= 11 is 0. The maximum Gasteiger partial charge on any atom is 0.254 e. The monoisotopic (exact) mass is 586 g/mol. The van der Waals surface area contributed by atoms with Gasteiger partial charge >= 0.3 is 0 Å². The van der Waals surface area contributed by atoms with Gasteiger partial charge in [-0.2, -0.15) is 5.26 Å². The van der Waals surface area contributed by atoms with Gasteiger partial charge < -0.3 is 29.8 Å². The Morgan fingerprint density at radius 3 is 2.59 bits per heavy atom. The first-order valence-corrected chi connectivity index (χ1v) is 15.3. The molecule has 3 aromatic heterocycles. The Labute approximate surface area is 255 Å². The maximum atomic E-state index is 13.7. The molecular formula is C34H34N8O2. The van der Waals surface area contributed by atoms with Gasteiger partial charge in [-0.05, 0) is 92.1 Å². The van der Waals surface area contributed by atoms with Crippen LogP contribution in [0.3, 0.4) is 0 Å². The summed E-state index contributed by atoms with van der Waals surface area (Å²) in [5.41, 5.74) is 11.9. The van der Waals surface area contributed by atoms with E-state index in [4.69, 9.17) is 25.7 Å². The van der Waals surface area contributed by atoms with Crippen LogP contribution >= 0.6 is 0 Å². The molecule has 10 heteroatoms. The number of nitriles is 1. The first kappa shape index (κ1) is 26.7. The van der Waals surface area contributed by atoms with Gasteiger partial charge in [0.2, 0.25) is 0 Å². The van der Waals surface area contributed by atoms with Crippen LogP contribution in [0, 0.1) is 23.2 Å². The van der Waals surface area contributed by atoms with Crippen LogP contribution in [0.5, 0.6) is 5.75 Å². The molecule has 1 aliphatic heterocycles. The number of piperidine rings is 1. The van der Waals surface area contributed by atoms with Gasteiger partial charge in [-0.15, -0.1) is 0 Å². The minimum atomic E-state index is -0.00519. The summed E-state index contributed by atoms with van der Waals surface area (Å²) in [7, 11) is 3.64. The summed E-state index contributed by atoms with van der Waals surface area (Å²) in [4.78, 5) is 25.8. The van der Waals surface area contributed by atoms with Crippen LogP contribution < -0.4 is 15.8 Å². The zero-order valence-electron chi connectivity index (χ0n) is 24.8. The summed E-state index contributed by atoms with van der Waals surface area (Å²) in [6.45, 7) is 1.57. The van der Waals surface area contributed by atoms with Gasteiger partial charge in [0, 0.05) is 48.9 Å². The number of ether oxygens (including phenoxy) is 1. The van der Waals surface area contributed by atoms with Crippen molar-refractivity contribution in [3.05, 3.63) is 65.7 Å². The van der Waals surface area contributed by atoms with E-state index < -0.39 is 0 Å². The number of benzene rings is 2. The number of carbonyl (C=O) groups is 1. The lowest BCUT2D eigenvalue weighted by Gasteiger charge is -2.27. The second-order valence-corrected chi connectivity index (χ2v) is 12.5. The molecule has 2 aliphatic carbocycles. The molecule has 2 aromatic carbocycles. The zero-order valence-corrected chi connectivity index (χ0v) is 24.8. The molecule has 222 valence electrons. The number of carbonyl (C=O) groups excluding carboxylic acids is 1. The first-order chi connectivity index (χ1) is 21.4. The highest BCUT2D eigenvalue weighted by atomic mass is 16.5. The van der Waals surface area contributed by atoms with Crippen LogP contribution in [0.15, 0.2) is 54.6 Å². The van der Waals surface area contributed by atoms with Gasteiger partial charge in [0.25, 0.3) is 5.91 Å². The van der Waals surface area contributed by atoms with Gasteiger partial charge in [0.15, 0.2) is 5.82 Å². The largest absolute Gasteiger partial charge is 0.494 e. The van der Waals surface area contributed by atoms with E-state index in [0.29, 0.717) is 28.7 Å². The molecular weight excluding hydrogens is 552 g/mol. The Bertz CT molecular complexity index is 1980. The van der Waals surface area contributed by atoms with Gasteiger partial charge in [-0.1, -0.05) is 0 Å². The van der Waals surface area contributed by atoms with Crippen LogP contribution in [-0.4, -0.2) is 55.6 Å². The molecule has 0 radical (unpaired) electrons. The lowest BCUT2D eigenvalue weighted by atomic mass is 10.1. The Balaban J connectivity index is 1.19. The van der Waals surface area contributed by atoms with Crippen molar-refractivity contribution in [3.63, 3.8) is 0 Å². The van der Waals surface area contributed by atoms with E-state index in [1.54, 1.807) is 19.2 Å². The summed E-state index contributed by atoms with van der Waals surface area (Å²) in [6, 6.07) is 19.6. The van der Waals surface area contributed by atoms with Crippen LogP contribution in [0.1, 0.15) is 41.6 Å². The van der Waals surface area contributed by atoms with Gasteiger partial charge in [0.1, 0.15) is 22.7 Å². The fourth-order valence-electron chi connectivity index (χ4n) is 7.17. The van der Waals surface area contributed by atoms with Crippen molar-refractivity contribution in [1.82, 2.24) is 24.0 Å². The topological polar surface area (TPSA) is 127 Å². The minimum Gasteiger partial charge on any atom is -0.494 e. The number of nitrogens with two attached hydrogens (primary N) is 1. The molecule has 3 N–H and O–H groups in total. The second-order valence-electron chi connectivity index (χ2n) is 12.5. The van der Waals surface area contributed by atoms with E-state index in [0.717, 1.165) is 71.0 Å². The summed E-state index contributed by atoms with van der Waals surface area (Å²) in [6.07, 6.45) is 4.46. The van der Waals surface area contributed by atoms with E-state index in [2.05, 4.69) is 32.7 Å². The number of anilines is 2. The molecule has 3 fully saturated rings. The third kappa shape index (κ3) is 4.30. The SMILES string of the molecule is COc1cc(C(=O)N2CC3CCC2[C@@H]3N)cc2nc(-c3cc4ccc(Nc5ccc(C#N)cc5)nc4n3CC3CC3)n(C)c12. The zero-order chi connectivity index (χ0) is 30.1. The first-order valence-electron chi connectivity index (χ1n) is 15.3. The van der Waals surface area contributed by atoms with Gasteiger partial charge in [-0.25, -0.2) is 9.97 Å². The van der Waals surface area contributed by atoms with E-state index >= 15 is 0 Å². The number of fused-ring (bicyclic) bond motifs is 4. The number of hydrogen-bond donors (Lipinski definition) is 2. The average molecular weight is 587 g/mol. The van der Waals surface area contributed by atoms with Crippen molar-refractivity contribution in [2.45, 2.75) is 44.3 Å². The van der Waals surface area contributed by atoms with Crippen molar-refractivity contribution in [2.75, 3.05) is 19.0 Å². The number of hydrogen-bond acceptors (Lipinski definition) is 7. The van der Waals surface area contributed by atoms with Crippen molar-refractivity contribution in [2.24, 2.45) is 24.6 Å². The van der Waals surface area contributed by atoms with Crippen LogP contribution in [0.2, 0.25) is 0 Å². The van der Waals surface area contributed by atoms with E-state index in [9.17, 15) is 4.79 Å². The van der Waals surface area contributed by atoms with Crippen molar-refractivity contribution >= 4 is 39.5 Å². The molecule has 2 unspecified atom stereocenters. The highest BCUT2D eigenvalue weighted by Crippen LogP contribution is 2.40. The van der Waals surface area contributed by atoms with Gasteiger partial charge in [-0.3, -0.25) is 4.79 Å². The third-order valence-corrected chi connectivity index (χ3v) is 9.71. The number of amides is 1. The molecule has 44 heavy (non-hydrogen) atoms. The number of pyridine rings is 1. The Morgan fingerprint density at radius 1 is 1.09 bits per heavy atom. The van der Waals surface area contributed by atoms with Crippen molar-refractivity contribution in [1.29, 1.82) is 5.26 Å². The predicted molar refractivity (Wildman–Crippen MR) is 169 cm³/mol. The molecule has 5 aromatic rings. The Morgan fingerprint density at radius 2 is 1.91 bits per heavy atom. The van der Waals surface area contributed by atoms with Crippen molar-refractivity contribution < 1.29 is 9.53 Å². The normalized spacial score (nSPS) is 20.9. The number of rotatable bonds is 7. The average Bonchev–Trinajstić information content (AvgIpc) is 3.45. The molecule has 0 spiro atoms. The molecule has 10 nitrogen and oxygen atoms in total. The van der Waals surface area contributed by atoms with Crippen molar-refractivity contribution in [3.8, 4) is 23.3 Å². The maximum absolute atomic E-state index is 13.7. The third-order valence-electron chi connectivity index (χ3n) is 9.71. The molecule has 1 saturated heterocycles. The molecule has 4 heterocycles. The van der Waals surface area contributed by atoms with E-state index in [1.165, 1.54) is 12.8 Å². The molecule has 2 saturated carbocycles. The van der Waals surface area contributed by atoms with Crippen LogP contribution in [0.4, 0.5) is 11.5 Å². The number of likely N-dealkylation sites (tertiary alicyclic amines) is 1. The molecule has 3 atom stereocenters. The van der Waals surface area contributed by atoms with E-state index in [-0.39, 0.29) is 18.0 Å². The second kappa shape index (κ2) is 10.1. The summed E-state index contributed by atoms with van der Waals surface area (Å²) in [5, 5.41) is 13.5. The molecule has 1 amide bonds. The number of methoxy groups -OCH3 is 1. The smallest absolute Gasteiger partial charge is 0.254 e. The number of aromatic nitrogens is 4. The standard InChI is InChI=1S/C34H34N8O2/c1-40-31-25(13-23(15-28(31)44-2)34(43)42-18-22-7-11-26(42)30(22)36)38-33(40)27-14-21-8-12-29(37-24-9-5-19(16-35)6-10-24)39-32(21)41(27)17-20-3-4-20/h5-6,8-10,12-15,20,22,26,30H,3-4,7,11,17-18,36H2,1-2H3,(H,37,39)/t22?,26?,30-/m1/s1. The van der Waals surface area contributed by atoms with E-state index in [1.807, 2.05) is 42.3 Å². The Kier molecular flexibility index (Phi) is 6.13. The summed E-state index contributed by atoms with van der Waals surface area (Å²) in [5.74, 6) is 3.14. The van der Waals surface area contributed by atoms with Crippen LogP contribution in [-0.2, 0) is 13.6 Å². The summed E-state index contributed by atoms with van der Waals surface area (Å²) < 4.78 is 10.2. The lowest BCUT2D eigenvalue weighted by Crippen LogP contribution is -2.41. The Hall–Kier alpha value is -4.88. The fraction of sp³-hybridized carbons (Fsp3) is 0.353. The lowest BCUT2D eigenvalue weighted by molar-refractivity contribution is 0.0700. The van der Waals surface area contributed by atoms with Gasteiger partial charge in [0.05, 0.1) is 30.0 Å². The molecule has 2 bridgehead atoms. The molecule has 3 aliphatic rings. The highest BCUT2D eigenvalue weighted by Gasteiger charge is 2.47. The number of nitrogens with zero attached hydrogens (tertiary/aromatic N) is 6.